The summed E-state index contributed by atoms with van der Waals surface area (Å²) >= 11 is 5.90. The fourth-order valence-electron chi connectivity index (χ4n) is 2.25. The summed E-state index contributed by atoms with van der Waals surface area (Å²) in [5.74, 6) is 0.139. The van der Waals surface area contributed by atoms with Gasteiger partial charge in [-0.3, -0.25) is 4.68 Å². The number of nitrogens with zero attached hydrogens (tertiary/aromatic N) is 3. The highest BCUT2D eigenvalue weighted by Crippen LogP contribution is 2.29. The van der Waals surface area contributed by atoms with Gasteiger partial charge >= 0.3 is 0 Å². The van der Waals surface area contributed by atoms with Crippen molar-refractivity contribution in [3.8, 4) is 0 Å². The zero-order valence-corrected chi connectivity index (χ0v) is 11.9. The average Bonchev–Trinajstić information content (AvgIpc) is 2.62. The molecule has 2 unspecified atom stereocenters. The maximum absolute atomic E-state index is 12.5. The fourth-order valence-corrected chi connectivity index (χ4v) is 4.51. The minimum atomic E-state index is -3.69. The minimum absolute atomic E-state index is 0.00807. The van der Waals surface area contributed by atoms with Crippen molar-refractivity contribution in [3.05, 3.63) is 11.2 Å². The Hall–Kier alpha value is -0.630. The molecular weight excluding hydrogens is 276 g/mol. The van der Waals surface area contributed by atoms with Gasteiger partial charge in [0.05, 0.1) is 17.4 Å². The smallest absolute Gasteiger partial charge is 0.263 e. The number of hydrogen-bond acceptors (Lipinski definition) is 4. The van der Waals surface area contributed by atoms with E-state index in [0.717, 1.165) is 12.8 Å². The van der Waals surface area contributed by atoms with Crippen LogP contribution in [-0.4, -0.2) is 35.2 Å². The monoisotopic (exact) mass is 292 g/mol. The molecule has 8 heteroatoms. The summed E-state index contributed by atoms with van der Waals surface area (Å²) in [5.41, 5.74) is 5.99. The maximum Gasteiger partial charge on any atom is 0.263 e. The summed E-state index contributed by atoms with van der Waals surface area (Å²) in [6.07, 6.45) is 2.57. The standard InChI is InChI=1S/C10H17ClN4O2S/c1-7-4-3-5-15(9(7)12)18(16,17)10-8(11)6-13-14(10)2/h6-7,9H,3-5,12H2,1-2H3. The Morgan fingerprint density at radius 1 is 1.56 bits per heavy atom. The van der Waals surface area contributed by atoms with Crippen LogP contribution in [0.25, 0.3) is 0 Å². The Morgan fingerprint density at radius 2 is 2.22 bits per heavy atom. The second-order valence-corrected chi connectivity index (χ2v) is 6.86. The van der Waals surface area contributed by atoms with Crippen LogP contribution in [0, 0.1) is 5.92 Å². The van der Waals surface area contributed by atoms with E-state index < -0.39 is 16.2 Å². The lowest BCUT2D eigenvalue weighted by Crippen LogP contribution is -2.52. The zero-order chi connectivity index (χ0) is 13.5. The molecule has 0 saturated carbocycles. The van der Waals surface area contributed by atoms with Crippen LogP contribution >= 0.6 is 11.6 Å². The van der Waals surface area contributed by atoms with Crippen molar-refractivity contribution in [1.82, 2.24) is 14.1 Å². The first kappa shape index (κ1) is 13.8. The Morgan fingerprint density at radius 3 is 2.78 bits per heavy atom. The molecule has 2 rings (SSSR count). The summed E-state index contributed by atoms with van der Waals surface area (Å²) in [6.45, 7) is 2.38. The molecule has 1 fully saturated rings. The Bertz CT molecular complexity index is 523. The van der Waals surface area contributed by atoms with E-state index in [1.807, 2.05) is 6.92 Å². The van der Waals surface area contributed by atoms with Gasteiger partial charge in [-0.15, -0.1) is 0 Å². The van der Waals surface area contributed by atoms with Crippen molar-refractivity contribution < 1.29 is 8.42 Å². The molecule has 2 atom stereocenters. The molecule has 102 valence electrons. The Kier molecular flexibility index (Phi) is 3.68. The van der Waals surface area contributed by atoms with Crippen LogP contribution in [0.4, 0.5) is 0 Å². The number of rotatable bonds is 2. The van der Waals surface area contributed by atoms with Crippen LogP contribution in [0.5, 0.6) is 0 Å². The minimum Gasteiger partial charge on any atom is -0.315 e. The third kappa shape index (κ3) is 2.16. The molecule has 2 N–H and O–H groups in total. The number of hydrogen-bond donors (Lipinski definition) is 1. The molecule has 2 heterocycles. The van der Waals surface area contributed by atoms with Gasteiger partial charge < -0.3 is 5.73 Å². The van der Waals surface area contributed by atoms with Crippen LogP contribution in [-0.2, 0) is 17.1 Å². The van der Waals surface area contributed by atoms with Crippen molar-refractivity contribution in [1.29, 1.82) is 0 Å². The highest BCUT2D eigenvalue weighted by Gasteiger charge is 2.37. The van der Waals surface area contributed by atoms with E-state index >= 15 is 0 Å². The summed E-state index contributed by atoms with van der Waals surface area (Å²) in [4.78, 5) is 0. The Labute approximate surface area is 112 Å². The highest BCUT2D eigenvalue weighted by atomic mass is 35.5. The van der Waals surface area contributed by atoms with Crippen LogP contribution in [0.3, 0.4) is 0 Å². The Balaban J connectivity index is 2.43. The molecule has 0 aliphatic carbocycles. The average molecular weight is 293 g/mol. The predicted molar refractivity (Wildman–Crippen MR) is 68.5 cm³/mol. The maximum atomic E-state index is 12.5. The summed E-state index contributed by atoms with van der Waals surface area (Å²) in [7, 11) is -2.13. The zero-order valence-electron chi connectivity index (χ0n) is 10.4. The van der Waals surface area contributed by atoms with Crippen LogP contribution in [0.1, 0.15) is 19.8 Å². The molecule has 1 aromatic rings. The van der Waals surface area contributed by atoms with Gasteiger partial charge in [0.2, 0.25) is 0 Å². The largest absolute Gasteiger partial charge is 0.315 e. The van der Waals surface area contributed by atoms with Gasteiger partial charge in [-0.2, -0.15) is 9.40 Å². The number of nitrogens with two attached hydrogens (primary N) is 1. The first-order chi connectivity index (χ1) is 8.35. The van der Waals surface area contributed by atoms with Crippen molar-refractivity contribution in [2.75, 3.05) is 6.54 Å². The number of halogens is 1. The van der Waals surface area contributed by atoms with Crippen LogP contribution < -0.4 is 5.73 Å². The number of sulfonamides is 1. The second kappa shape index (κ2) is 4.80. The third-order valence-electron chi connectivity index (χ3n) is 3.35. The lowest BCUT2D eigenvalue weighted by Gasteiger charge is -2.36. The predicted octanol–water partition coefficient (Wildman–Crippen LogP) is 0.779. The van der Waals surface area contributed by atoms with Crippen molar-refractivity contribution in [3.63, 3.8) is 0 Å². The lowest BCUT2D eigenvalue weighted by molar-refractivity contribution is 0.191. The fraction of sp³-hybridized carbons (Fsp3) is 0.700. The lowest BCUT2D eigenvalue weighted by atomic mass is 9.99. The quantitative estimate of drug-likeness (QED) is 0.873. The molecule has 1 aromatic heterocycles. The van der Waals surface area contributed by atoms with E-state index in [9.17, 15) is 8.42 Å². The first-order valence-electron chi connectivity index (χ1n) is 5.80. The molecule has 0 amide bonds. The topological polar surface area (TPSA) is 81.2 Å². The molecule has 0 spiro atoms. The van der Waals surface area contributed by atoms with E-state index in [4.69, 9.17) is 17.3 Å². The summed E-state index contributed by atoms with van der Waals surface area (Å²) in [5, 5.41) is 4.00. The number of aromatic nitrogens is 2. The first-order valence-corrected chi connectivity index (χ1v) is 7.62. The van der Waals surface area contributed by atoms with Gasteiger partial charge in [-0.1, -0.05) is 18.5 Å². The molecular formula is C10H17ClN4O2S. The molecule has 0 radical (unpaired) electrons. The summed E-state index contributed by atoms with van der Waals surface area (Å²) in [6, 6.07) is 0. The van der Waals surface area contributed by atoms with Crippen LogP contribution in [0.15, 0.2) is 11.2 Å². The van der Waals surface area contributed by atoms with Crippen molar-refractivity contribution in [2.24, 2.45) is 18.7 Å². The second-order valence-electron chi connectivity index (χ2n) is 4.65. The molecule has 1 aliphatic heterocycles. The third-order valence-corrected chi connectivity index (χ3v) is 5.75. The van der Waals surface area contributed by atoms with Gasteiger partial charge in [0, 0.05) is 13.6 Å². The van der Waals surface area contributed by atoms with Gasteiger partial charge in [-0.25, -0.2) is 8.42 Å². The number of piperidine rings is 1. The van der Waals surface area contributed by atoms with Gasteiger partial charge in [0.1, 0.15) is 0 Å². The van der Waals surface area contributed by atoms with Gasteiger partial charge in [-0.05, 0) is 18.8 Å². The van der Waals surface area contributed by atoms with E-state index in [-0.39, 0.29) is 16.0 Å². The molecule has 0 aromatic carbocycles. The summed E-state index contributed by atoms with van der Waals surface area (Å²) < 4.78 is 27.7. The molecule has 1 saturated heterocycles. The van der Waals surface area contributed by atoms with E-state index in [1.54, 1.807) is 7.05 Å². The molecule has 18 heavy (non-hydrogen) atoms. The SMILES string of the molecule is CC1CCCN(S(=O)(=O)c2c(Cl)cnn2C)C1N. The molecule has 1 aliphatic rings. The van der Waals surface area contributed by atoms with E-state index in [0.29, 0.717) is 6.54 Å². The molecule has 0 bridgehead atoms. The van der Waals surface area contributed by atoms with Gasteiger partial charge in [0.15, 0.2) is 5.03 Å². The highest BCUT2D eigenvalue weighted by molar-refractivity contribution is 7.89. The normalized spacial score (nSPS) is 26.4. The molecule has 6 nitrogen and oxygen atoms in total. The number of aryl methyl sites for hydroxylation is 1. The van der Waals surface area contributed by atoms with E-state index in [2.05, 4.69) is 5.10 Å². The van der Waals surface area contributed by atoms with E-state index in [1.165, 1.54) is 15.2 Å². The van der Waals surface area contributed by atoms with Crippen molar-refractivity contribution in [2.45, 2.75) is 31.0 Å². The van der Waals surface area contributed by atoms with Crippen LogP contribution in [0.2, 0.25) is 5.02 Å². The van der Waals surface area contributed by atoms with Crippen molar-refractivity contribution >= 4 is 21.6 Å². The van der Waals surface area contributed by atoms with Gasteiger partial charge in [0.25, 0.3) is 10.0 Å².